The van der Waals surface area contributed by atoms with Gasteiger partial charge in [-0.05, 0) is 20.8 Å². The molecule has 0 aromatic rings. The highest BCUT2D eigenvalue weighted by atomic mass is 15.7. The summed E-state index contributed by atoms with van der Waals surface area (Å²) >= 11 is 0. The maximum atomic E-state index is 2.65. The summed E-state index contributed by atoms with van der Waals surface area (Å²) in [7, 11) is 2.37. The Hall–Kier alpha value is -0.0800. The van der Waals surface area contributed by atoms with Crippen molar-refractivity contribution in [3.8, 4) is 0 Å². The molecule has 0 aliphatic carbocycles. The van der Waals surface area contributed by atoms with Crippen LogP contribution in [-0.2, 0) is 0 Å². The third-order valence-electron chi connectivity index (χ3n) is 3.24. The van der Waals surface area contributed by atoms with Crippen LogP contribution in [0.4, 0.5) is 0 Å². The summed E-state index contributed by atoms with van der Waals surface area (Å²) in [6.45, 7) is 11.0. The van der Waals surface area contributed by atoms with Crippen LogP contribution in [0, 0.1) is 0 Å². The lowest BCUT2D eigenvalue weighted by Gasteiger charge is -2.29. The van der Waals surface area contributed by atoms with Gasteiger partial charge in [-0.2, -0.15) is 0 Å². The zero-order valence-corrected chi connectivity index (χ0v) is 8.09. The Kier molecular flexibility index (Phi) is 1.24. The summed E-state index contributed by atoms with van der Waals surface area (Å²) < 4.78 is 1.32. The third kappa shape index (κ3) is 1.00. The van der Waals surface area contributed by atoms with Crippen LogP contribution in [0.25, 0.3) is 0 Å². The van der Waals surface area contributed by atoms with Crippen molar-refractivity contribution >= 4 is 0 Å². The molecule has 2 atom stereocenters. The number of piperazine rings is 1. The van der Waals surface area contributed by atoms with Gasteiger partial charge >= 0.3 is 0 Å². The molecule has 2 aliphatic rings. The number of nitrogens with zero attached hydrogens (tertiary/aromatic N) is 2. The molecular weight excluding hydrogens is 136 g/mol. The molecule has 0 radical (unpaired) electrons. The fourth-order valence-electron chi connectivity index (χ4n) is 2.27. The van der Waals surface area contributed by atoms with Gasteiger partial charge in [0.05, 0.1) is 20.1 Å². The Balaban J connectivity index is 2.10. The molecule has 0 aromatic carbocycles. The van der Waals surface area contributed by atoms with E-state index in [1.165, 1.54) is 24.1 Å². The van der Waals surface area contributed by atoms with Crippen molar-refractivity contribution in [2.45, 2.75) is 32.5 Å². The van der Waals surface area contributed by atoms with Crippen LogP contribution in [0.2, 0.25) is 0 Å². The van der Waals surface area contributed by atoms with E-state index in [2.05, 4.69) is 32.7 Å². The number of rotatable bonds is 0. The van der Waals surface area contributed by atoms with E-state index in [4.69, 9.17) is 0 Å². The molecule has 0 aromatic heterocycles. The highest BCUT2D eigenvalue weighted by Crippen LogP contribution is 2.40. The van der Waals surface area contributed by atoms with Gasteiger partial charge in [0.2, 0.25) is 0 Å². The van der Waals surface area contributed by atoms with Gasteiger partial charge in [-0.1, -0.05) is 0 Å². The fraction of sp³-hybridized carbons (Fsp3) is 1.00. The maximum absolute atomic E-state index is 2.65. The molecule has 0 saturated carbocycles. The van der Waals surface area contributed by atoms with Crippen LogP contribution in [0.3, 0.4) is 0 Å². The minimum Gasteiger partial charge on any atom is -0.299 e. The Bertz CT molecular complexity index is 182. The summed E-state index contributed by atoms with van der Waals surface area (Å²) in [6, 6.07) is 0. The molecule has 0 N–H and O–H groups in total. The van der Waals surface area contributed by atoms with Crippen molar-refractivity contribution < 1.29 is 4.48 Å². The van der Waals surface area contributed by atoms with Gasteiger partial charge in [0, 0.05) is 5.54 Å². The molecule has 2 heterocycles. The minimum atomic E-state index is 0.386. The molecule has 0 spiro atoms. The average Bonchev–Trinajstić information content (AvgIpc) is 2.32. The molecule has 2 rings (SSSR count). The Labute approximate surface area is 69.4 Å². The molecule has 0 bridgehead atoms. The highest BCUT2D eigenvalue weighted by Gasteiger charge is 2.61. The van der Waals surface area contributed by atoms with Crippen molar-refractivity contribution in [2.24, 2.45) is 0 Å². The third-order valence-corrected chi connectivity index (χ3v) is 3.24. The predicted octanol–water partition coefficient (Wildman–Crippen LogP) is 0.887. The Morgan fingerprint density at radius 2 is 2.00 bits per heavy atom. The van der Waals surface area contributed by atoms with Crippen LogP contribution in [-0.4, -0.2) is 47.8 Å². The SMILES string of the molecule is CC(C)(C)N1CC[N+]2(C)C[C@@H]12. The molecular formula is C9H19N2+. The highest BCUT2D eigenvalue weighted by molar-refractivity contribution is 4.89. The van der Waals surface area contributed by atoms with Gasteiger partial charge in [-0.25, -0.2) is 4.90 Å². The van der Waals surface area contributed by atoms with Crippen LogP contribution in [0.15, 0.2) is 0 Å². The van der Waals surface area contributed by atoms with E-state index in [0.717, 1.165) is 6.17 Å². The van der Waals surface area contributed by atoms with Crippen molar-refractivity contribution in [3.05, 3.63) is 0 Å². The van der Waals surface area contributed by atoms with Crippen molar-refractivity contribution in [1.82, 2.24) is 4.90 Å². The molecule has 11 heavy (non-hydrogen) atoms. The van der Waals surface area contributed by atoms with Crippen LogP contribution in [0.1, 0.15) is 20.8 Å². The summed E-state index contributed by atoms with van der Waals surface area (Å²) in [5.41, 5.74) is 0.386. The second kappa shape index (κ2) is 1.80. The van der Waals surface area contributed by atoms with Gasteiger partial charge in [0.1, 0.15) is 6.54 Å². The summed E-state index contributed by atoms with van der Waals surface area (Å²) in [5.74, 6) is 0. The first-order chi connectivity index (χ1) is 4.93. The van der Waals surface area contributed by atoms with E-state index >= 15 is 0 Å². The normalized spacial score (nSPS) is 44.2. The van der Waals surface area contributed by atoms with Crippen molar-refractivity contribution in [1.29, 1.82) is 0 Å². The number of likely N-dealkylation sites (N-methyl/N-ethyl adjacent to an activating group) is 1. The van der Waals surface area contributed by atoms with Crippen molar-refractivity contribution in [2.75, 3.05) is 26.7 Å². The number of hydrogen-bond acceptors (Lipinski definition) is 1. The predicted molar refractivity (Wildman–Crippen MR) is 46.2 cm³/mol. The Morgan fingerprint density at radius 3 is 2.18 bits per heavy atom. The quantitative estimate of drug-likeness (QED) is 0.371. The first kappa shape index (κ1) is 7.56. The van der Waals surface area contributed by atoms with Crippen LogP contribution < -0.4 is 0 Å². The molecule has 2 fully saturated rings. The lowest BCUT2D eigenvalue weighted by Crippen LogP contribution is -2.42. The van der Waals surface area contributed by atoms with E-state index in [-0.39, 0.29) is 0 Å². The first-order valence-electron chi connectivity index (χ1n) is 4.54. The minimum absolute atomic E-state index is 0.386. The molecule has 2 heteroatoms. The summed E-state index contributed by atoms with van der Waals surface area (Å²) in [5, 5.41) is 0. The second-order valence-electron chi connectivity index (χ2n) is 5.23. The maximum Gasteiger partial charge on any atom is 0.196 e. The number of quaternary nitrogens is 1. The monoisotopic (exact) mass is 155 g/mol. The topological polar surface area (TPSA) is 3.24 Å². The van der Waals surface area contributed by atoms with Gasteiger partial charge in [0.15, 0.2) is 6.17 Å². The molecule has 1 unspecified atom stereocenters. The van der Waals surface area contributed by atoms with E-state index in [0.29, 0.717) is 5.54 Å². The van der Waals surface area contributed by atoms with E-state index in [1.54, 1.807) is 0 Å². The number of hydrogen-bond donors (Lipinski definition) is 0. The zero-order valence-electron chi connectivity index (χ0n) is 8.09. The van der Waals surface area contributed by atoms with Gasteiger partial charge in [0.25, 0.3) is 0 Å². The molecule has 64 valence electrons. The largest absolute Gasteiger partial charge is 0.299 e. The van der Waals surface area contributed by atoms with E-state index in [9.17, 15) is 0 Å². The first-order valence-corrected chi connectivity index (χ1v) is 4.54. The summed E-state index contributed by atoms with van der Waals surface area (Å²) in [4.78, 5) is 2.65. The number of fused-ring (bicyclic) bond motifs is 1. The lowest BCUT2D eigenvalue weighted by atomic mass is 10.1. The second-order valence-corrected chi connectivity index (χ2v) is 5.23. The van der Waals surface area contributed by atoms with Crippen molar-refractivity contribution in [3.63, 3.8) is 0 Å². The smallest absolute Gasteiger partial charge is 0.196 e. The fourth-order valence-corrected chi connectivity index (χ4v) is 2.27. The van der Waals surface area contributed by atoms with Gasteiger partial charge in [-0.3, -0.25) is 4.48 Å². The van der Waals surface area contributed by atoms with Gasteiger partial charge < -0.3 is 0 Å². The molecule has 2 nitrogen and oxygen atoms in total. The van der Waals surface area contributed by atoms with Gasteiger partial charge in [-0.15, -0.1) is 0 Å². The molecule has 2 aliphatic heterocycles. The van der Waals surface area contributed by atoms with E-state index < -0.39 is 0 Å². The lowest BCUT2D eigenvalue weighted by molar-refractivity contribution is -0.782. The zero-order chi connectivity index (χ0) is 8.28. The molecule has 2 saturated heterocycles. The molecule has 0 amide bonds. The summed E-state index contributed by atoms with van der Waals surface area (Å²) in [6.07, 6.45) is 0.856. The Morgan fingerprint density at radius 1 is 1.36 bits per heavy atom. The van der Waals surface area contributed by atoms with Crippen LogP contribution >= 0.6 is 0 Å². The van der Waals surface area contributed by atoms with E-state index in [1.807, 2.05) is 0 Å². The standard InChI is InChI=1S/C9H19N2/c1-9(2,3)10-5-6-11(4)7-8(10)11/h8H,5-7H2,1-4H3/q+1/t8-,11?/m0/s1. The average molecular weight is 155 g/mol. The van der Waals surface area contributed by atoms with Crippen LogP contribution in [0.5, 0.6) is 0 Å².